The number of hydrogen-bond acceptors (Lipinski definition) is 4. The van der Waals surface area contributed by atoms with E-state index in [0.717, 1.165) is 24.0 Å². The van der Waals surface area contributed by atoms with Crippen LogP contribution in [0.3, 0.4) is 0 Å². The van der Waals surface area contributed by atoms with Gasteiger partial charge in [-0.1, -0.05) is 11.6 Å². The van der Waals surface area contributed by atoms with Crippen molar-refractivity contribution in [1.82, 2.24) is 4.90 Å². The molecule has 0 aliphatic carbocycles. The van der Waals surface area contributed by atoms with Crippen LogP contribution < -0.4 is 4.74 Å². The highest BCUT2D eigenvalue weighted by Crippen LogP contribution is 2.32. The Morgan fingerprint density at radius 2 is 1.96 bits per heavy atom. The lowest BCUT2D eigenvalue weighted by molar-refractivity contribution is -0.187. The number of hydrogen-bond donors (Lipinski definition) is 0. The van der Waals surface area contributed by atoms with E-state index in [4.69, 9.17) is 25.8 Å². The lowest BCUT2D eigenvalue weighted by Crippen LogP contribution is -2.47. The molecule has 2 aliphatic heterocycles. The third-order valence-electron chi connectivity index (χ3n) is 4.59. The number of benzene rings is 1. The largest absolute Gasteiger partial charge is 0.496 e. The van der Waals surface area contributed by atoms with Gasteiger partial charge in [0, 0.05) is 36.5 Å². The van der Waals surface area contributed by atoms with Crippen LogP contribution in [0.15, 0.2) is 12.1 Å². The van der Waals surface area contributed by atoms with Crippen LogP contribution in [-0.2, 0) is 20.7 Å². The molecule has 2 saturated heterocycles. The van der Waals surface area contributed by atoms with Gasteiger partial charge in [-0.05, 0) is 24.6 Å². The van der Waals surface area contributed by atoms with Crippen LogP contribution in [0.1, 0.15) is 24.0 Å². The maximum atomic E-state index is 12.6. The zero-order chi connectivity index (χ0) is 16.4. The van der Waals surface area contributed by atoms with E-state index < -0.39 is 5.79 Å². The van der Waals surface area contributed by atoms with Gasteiger partial charge in [0.25, 0.3) is 0 Å². The first-order valence-corrected chi connectivity index (χ1v) is 8.29. The van der Waals surface area contributed by atoms with Crippen LogP contribution in [0, 0.1) is 6.92 Å². The maximum Gasteiger partial charge on any atom is 0.227 e. The molecule has 2 fully saturated rings. The molecule has 2 heterocycles. The minimum absolute atomic E-state index is 0.0797. The van der Waals surface area contributed by atoms with E-state index in [9.17, 15) is 4.79 Å². The summed E-state index contributed by atoms with van der Waals surface area (Å²) in [6, 6.07) is 3.69. The molecule has 5 nitrogen and oxygen atoms in total. The smallest absolute Gasteiger partial charge is 0.227 e. The molecule has 1 spiro atoms. The molecule has 0 saturated carbocycles. The van der Waals surface area contributed by atoms with Gasteiger partial charge in [-0.15, -0.1) is 0 Å². The van der Waals surface area contributed by atoms with Crippen LogP contribution in [-0.4, -0.2) is 50.0 Å². The highest BCUT2D eigenvalue weighted by Gasteiger charge is 2.40. The van der Waals surface area contributed by atoms with Gasteiger partial charge >= 0.3 is 0 Å². The van der Waals surface area contributed by atoms with Crippen LogP contribution in [0.5, 0.6) is 5.75 Å². The summed E-state index contributed by atoms with van der Waals surface area (Å²) < 4.78 is 16.8. The Bertz CT molecular complexity index is 589. The predicted molar refractivity (Wildman–Crippen MR) is 86.9 cm³/mol. The van der Waals surface area contributed by atoms with Crippen molar-refractivity contribution in [2.45, 2.75) is 32.0 Å². The topological polar surface area (TPSA) is 48.0 Å². The molecule has 0 bridgehead atoms. The molecule has 23 heavy (non-hydrogen) atoms. The van der Waals surface area contributed by atoms with Crippen molar-refractivity contribution < 1.29 is 19.0 Å². The van der Waals surface area contributed by atoms with E-state index in [1.807, 2.05) is 24.0 Å². The Morgan fingerprint density at radius 1 is 1.30 bits per heavy atom. The molecule has 0 aromatic heterocycles. The predicted octanol–water partition coefficient (Wildman–Crippen LogP) is 2.57. The minimum Gasteiger partial charge on any atom is -0.496 e. The van der Waals surface area contributed by atoms with Gasteiger partial charge < -0.3 is 19.1 Å². The first kappa shape index (κ1) is 16.6. The molecule has 1 amide bonds. The quantitative estimate of drug-likeness (QED) is 0.849. The second-order valence-electron chi connectivity index (χ2n) is 6.08. The van der Waals surface area contributed by atoms with Crippen LogP contribution >= 0.6 is 11.6 Å². The Labute approximate surface area is 141 Å². The fourth-order valence-corrected chi connectivity index (χ4v) is 3.37. The average Bonchev–Trinajstić information content (AvgIpc) is 2.99. The number of halogens is 1. The number of ether oxygens (including phenoxy) is 3. The summed E-state index contributed by atoms with van der Waals surface area (Å²) in [6.07, 6.45) is 1.74. The SMILES string of the molecule is COc1cc(C)c(Cl)cc1CC(=O)N1CCC2(CC1)OCCO2. The van der Waals surface area contributed by atoms with Gasteiger partial charge in [0.05, 0.1) is 26.7 Å². The van der Waals surface area contributed by atoms with E-state index in [1.54, 1.807) is 7.11 Å². The fraction of sp³-hybridized carbons (Fsp3) is 0.588. The Morgan fingerprint density at radius 3 is 2.57 bits per heavy atom. The van der Waals surface area contributed by atoms with E-state index in [2.05, 4.69) is 0 Å². The van der Waals surface area contributed by atoms with Crippen LogP contribution in [0.2, 0.25) is 5.02 Å². The van der Waals surface area contributed by atoms with Crippen molar-refractivity contribution in [3.63, 3.8) is 0 Å². The normalized spacial score (nSPS) is 20.0. The summed E-state index contributed by atoms with van der Waals surface area (Å²) in [6.45, 7) is 4.52. The lowest BCUT2D eigenvalue weighted by atomic mass is 10.0. The number of likely N-dealkylation sites (tertiary alicyclic amines) is 1. The summed E-state index contributed by atoms with van der Waals surface area (Å²) in [5.74, 6) is 0.328. The molecule has 6 heteroatoms. The second kappa shape index (κ2) is 6.67. The molecular weight excluding hydrogens is 318 g/mol. The summed E-state index contributed by atoms with van der Waals surface area (Å²) in [5, 5.41) is 0.652. The summed E-state index contributed by atoms with van der Waals surface area (Å²) >= 11 is 6.18. The Balaban J connectivity index is 1.65. The summed E-state index contributed by atoms with van der Waals surface area (Å²) in [4.78, 5) is 14.4. The number of nitrogens with zero attached hydrogens (tertiary/aromatic N) is 1. The van der Waals surface area contributed by atoms with E-state index in [0.29, 0.717) is 37.1 Å². The highest BCUT2D eigenvalue weighted by molar-refractivity contribution is 6.31. The first-order chi connectivity index (χ1) is 11.0. The molecular formula is C17H22ClNO4. The number of carbonyl (C=O) groups excluding carboxylic acids is 1. The number of methoxy groups -OCH3 is 1. The van der Waals surface area contributed by atoms with Gasteiger partial charge in [-0.3, -0.25) is 4.79 Å². The van der Waals surface area contributed by atoms with Gasteiger partial charge in [-0.2, -0.15) is 0 Å². The third-order valence-corrected chi connectivity index (χ3v) is 5.00. The van der Waals surface area contributed by atoms with Gasteiger partial charge in [0.2, 0.25) is 5.91 Å². The van der Waals surface area contributed by atoms with E-state index >= 15 is 0 Å². The standard InChI is InChI=1S/C17H22ClNO4/c1-12-9-15(21-2)13(10-14(12)18)11-16(20)19-5-3-17(4-6-19)22-7-8-23-17/h9-10H,3-8,11H2,1-2H3. The second-order valence-corrected chi connectivity index (χ2v) is 6.49. The zero-order valence-corrected chi connectivity index (χ0v) is 14.3. The number of piperidine rings is 1. The van der Waals surface area contributed by atoms with Crippen molar-refractivity contribution in [2.24, 2.45) is 0 Å². The van der Waals surface area contributed by atoms with Crippen molar-refractivity contribution in [3.05, 3.63) is 28.3 Å². The van der Waals surface area contributed by atoms with Crippen LogP contribution in [0.4, 0.5) is 0 Å². The van der Waals surface area contributed by atoms with Crippen molar-refractivity contribution in [1.29, 1.82) is 0 Å². The highest BCUT2D eigenvalue weighted by atomic mass is 35.5. The van der Waals surface area contributed by atoms with E-state index in [1.165, 1.54) is 0 Å². The molecule has 3 rings (SSSR count). The molecule has 1 aromatic rings. The van der Waals surface area contributed by atoms with Gasteiger partial charge in [0.15, 0.2) is 5.79 Å². The van der Waals surface area contributed by atoms with Crippen molar-refractivity contribution >= 4 is 17.5 Å². The zero-order valence-electron chi connectivity index (χ0n) is 13.6. The molecule has 2 aliphatic rings. The minimum atomic E-state index is -0.457. The Kier molecular flexibility index (Phi) is 4.80. The van der Waals surface area contributed by atoms with Crippen molar-refractivity contribution in [3.8, 4) is 5.75 Å². The molecule has 0 N–H and O–H groups in total. The average molecular weight is 340 g/mol. The molecule has 1 aromatic carbocycles. The van der Waals surface area contributed by atoms with Crippen molar-refractivity contribution in [2.75, 3.05) is 33.4 Å². The molecule has 0 unspecified atom stereocenters. The number of aryl methyl sites for hydroxylation is 1. The third kappa shape index (κ3) is 3.47. The molecule has 126 valence electrons. The van der Waals surface area contributed by atoms with Crippen LogP contribution in [0.25, 0.3) is 0 Å². The van der Waals surface area contributed by atoms with Gasteiger partial charge in [-0.25, -0.2) is 0 Å². The number of rotatable bonds is 3. The number of carbonyl (C=O) groups is 1. The molecule has 0 atom stereocenters. The lowest BCUT2D eigenvalue weighted by Gasteiger charge is -2.37. The monoisotopic (exact) mass is 339 g/mol. The maximum absolute atomic E-state index is 12.6. The Hall–Kier alpha value is -1.30. The summed E-state index contributed by atoms with van der Waals surface area (Å²) in [7, 11) is 1.61. The number of amides is 1. The fourth-order valence-electron chi connectivity index (χ4n) is 3.18. The van der Waals surface area contributed by atoms with Gasteiger partial charge in [0.1, 0.15) is 5.75 Å². The first-order valence-electron chi connectivity index (χ1n) is 7.92. The summed E-state index contributed by atoms with van der Waals surface area (Å²) in [5.41, 5.74) is 1.76. The molecule has 0 radical (unpaired) electrons. The van der Waals surface area contributed by atoms with E-state index in [-0.39, 0.29) is 12.3 Å².